The number of halogens is 1. The summed E-state index contributed by atoms with van der Waals surface area (Å²) in [5, 5.41) is 14.5. The SMILES string of the molecule is Cn1cc(-c2cc(F)c3n[nH]c(C(=O)NC4CCN(CC(C)(C)C)CC4)c3c2)cn1. The van der Waals surface area contributed by atoms with Crippen LogP contribution in [0.1, 0.15) is 44.1 Å². The maximum atomic E-state index is 14.6. The highest BCUT2D eigenvalue weighted by Crippen LogP contribution is 2.28. The Kier molecular flexibility index (Phi) is 5.36. The van der Waals surface area contributed by atoms with Crippen LogP contribution in [0.2, 0.25) is 0 Å². The summed E-state index contributed by atoms with van der Waals surface area (Å²) in [6.45, 7) is 9.70. The Hall–Kier alpha value is -2.74. The molecule has 160 valence electrons. The van der Waals surface area contributed by atoms with E-state index in [9.17, 15) is 9.18 Å². The highest BCUT2D eigenvalue weighted by molar-refractivity contribution is 6.05. The maximum absolute atomic E-state index is 14.6. The van der Waals surface area contributed by atoms with Gasteiger partial charge in [-0.1, -0.05) is 20.8 Å². The van der Waals surface area contributed by atoms with Crippen molar-refractivity contribution in [3.05, 3.63) is 36.0 Å². The highest BCUT2D eigenvalue weighted by atomic mass is 19.1. The summed E-state index contributed by atoms with van der Waals surface area (Å²) in [4.78, 5) is 15.4. The van der Waals surface area contributed by atoms with Crippen LogP contribution < -0.4 is 5.32 Å². The van der Waals surface area contributed by atoms with Crippen LogP contribution in [0.3, 0.4) is 0 Å². The van der Waals surface area contributed by atoms with E-state index in [0.29, 0.717) is 16.6 Å². The van der Waals surface area contributed by atoms with E-state index in [0.717, 1.165) is 38.0 Å². The molecule has 4 rings (SSSR count). The van der Waals surface area contributed by atoms with Gasteiger partial charge in [0.15, 0.2) is 5.82 Å². The first-order valence-corrected chi connectivity index (χ1v) is 10.4. The molecule has 0 atom stereocenters. The quantitative estimate of drug-likeness (QED) is 0.689. The zero-order valence-electron chi connectivity index (χ0n) is 18.0. The molecule has 0 spiro atoms. The summed E-state index contributed by atoms with van der Waals surface area (Å²) in [6.07, 6.45) is 5.30. The van der Waals surface area contributed by atoms with E-state index in [-0.39, 0.29) is 22.9 Å². The summed E-state index contributed by atoms with van der Waals surface area (Å²) in [5.74, 6) is -0.702. The molecular weight excluding hydrogens is 383 g/mol. The van der Waals surface area contributed by atoms with E-state index in [1.165, 1.54) is 6.07 Å². The second kappa shape index (κ2) is 7.83. The third kappa shape index (κ3) is 4.38. The molecule has 0 unspecified atom stereocenters. The molecular formula is C22H29FN6O. The fourth-order valence-electron chi connectivity index (χ4n) is 4.15. The molecule has 2 aromatic heterocycles. The number of amides is 1. The fourth-order valence-corrected chi connectivity index (χ4v) is 4.15. The van der Waals surface area contributed by atoms with Crippen molar-refractivity contribution in [3.8, 4) is 11.1 Å². The smallest absolute Gasteiger partial charge is 0.270 e. The molecule has 30 heavy (non-hydrogen) atoms. The van der Waals surface area contributed by atoms with Crippen molar-refractivity contribution in [1.82, 2.24) is 30.2 Å². The van der Waals surface area contributed by atoms with Gasteiger partial charge in [0.05, 0.1) is 6.20 Å². The number of benzene rings is 1. The van der Waals surface area contributed by atoms with Gasteiger partial charge in [-0.3, -0.25) is 14.6 Å². The fraction of sp³-hybridized carbons (Fsp3) is 0.500. The second-order valence-electron chi connectivity index (χ2n) is 9.44. The van der Waals surface area contributed by atoms with Gasteiger partial charge in [-0.2, -0.15) is 10.2 Å². The highest BCUT2D eigenvalue weighted by Gasteiger charge is 2.25. The van der Waals surface area contributed by atoms with Crippen LogP contribution in [0.5, 0.6) is 0 Å². The Morgan fingerprint density at radius 3 is 2.63 bits per heavy atom. The maximum Gasteiger partial charge on any atom is 0.270 e. The first kappa shape index (κ1) is 20.5. The van der Waals surface area contributed by atoms with Gasteiger partial charge in [0.1, 0.15) is 11.2 Å². The lowest BCUT2D eigenvalue weighted by molar-refractivity contribution is 0.0892. The first-order chi connectivity index (χ1) is 14.2. The molecule has 3 heterocycles. The molecule has 1 amide bonds. The third-order valence-electron chi connectivity index (χ3n) is 5.50. The number of H-pyrrole nitrogens is 1. The van der Waals surface area contributed by atoms with Crippen LogP contribution in [-0.2, 0) is 7.05 Å². The topological polar surface area (TPSA) is 78.8 Å². The minimum absolute atomic E-state index is 0.110. The number of nitrogens with zero attached hydrogens (tertiary/aromatic N) is 4. The number of fused-ring (bicyclic) bond motifs is 1. The van der Waals surface area contributed by atoms with Gasteiger partial charge in [-0.05, 0) is 36.0 Å². The lowest BCUT2D eigenvalue weighted by atomic mass is 9.94. The van der Waals surface area contributed by atoms with E-state index >= 15 is 0 Å². The van der Waals surface area contributed by atoms with Crippen LogP contribution in [0.15, 0.2) is 24.5 Å². The van der Waals surface area contributed by atoms with Gasteiger partial charge in [0.25, 0.3) is 5.91 Å². The largest absolute Gasteiger partial charge is 0.348 e. The first-order valence-electron chi connectivity index (χ1n) is 10.4. The third-order valence-corrected chi connectivity index (χ3v) is 5.50. The van der Waals surface area contributed by atoms with Crippen molar-refractivity contribution in [3.63, 3.8) is 0 Å². The Morgan fingerprint density at radius 2 is 2.00 bits per heavy atom. The number of likely N-dealkylation sites (tertiary alicyclic amines) is 1. The number of aromatic nitrogens is 4. The Bertz CT molecular complexity index is 1060. The number of hydrogen-bond acceptors (Lipinski definition) is 4. The molecule has 1 saturated heterocycles. The molecule has 7 nitrogen and oxygen atoms in total. The zero-order chi connectivity index (χ0) is 21.5. The molecule has 3 aromatic rings. The summed E-state index contributed by atoms with van der Waals surface area (Å²) >= 11 is 0. The molecule has 8 heteroatoms. The van der Waals surface area contributed by atoms with Crippen LogP contribution >= 0.6 is 0 Å². The van der Waals surface area contributed by atoms with Crippen LogP contribution in [0.25, 0.3) is 22.0 Å². The average molecular weight is 413 g/mol. The second-order valence-corrected chi connectivity index (χ2v) is 9.44. The van der Waals surface area contributed by atoms with E-state index < -0.39 is 5.82 Å². The Balaban J connectivity index is 1.49. The standard InChI is InChI=1S/C22H29FN6O/c1-22(2,3)13-29-7-5-16(6-8-29)25-21(30)20-17-9-14(15-11-24-28(4)12-15)10-18(23)19(17)26-27-20/h9-12,16H,5-8,13H2,1-4H3,(H,25,30)(H,26,27). The van der Waals surface area contributed by atoms with Gasteiger partial charge in [0.2, 0.25) is 0 Å². The van der Waals surface area contributed by atoms with Crippen LogP contribution in [0, 0.1) is 11.2 Å². The summed E-state index contributed by atoms with van der Waals surface area (Å²) in [6, 6.07) is 3.32. The number of rotatable bonds is 4. The van der Waals surface area contributed by atoms with E-state index in [4.69, 9.17) is 0 Å². The number of piperidine rings is 1. The lowest BCUT2D eigenvalue weighted by Gasteiger charge is -2.36. The van der Waals surface area contributed by atoms with Gasteiger partial charge in [-0.15, -0.1) is 0 Å². The lowest BCUT2D eigenvalue weighted by Crippen LogP contribution is -2.46. The van der Waals surface area contributed by atoms with E-state index in [1.54, 1.807) is 16.9 Å². The number of nitrogens with one attached hydrogen (secondary N) is 2. The average Bonchev–Trinajstić information content (AvgIpc) is 3.28. The van der Waals surface area contributed by atoms with E-state index in [2.05, 4.69) is 46.3 Å². The molecule has 0 saturated carbocycles. The van der Waals surface area contributed by atoms with Gasteiger partial charge >= 0.3 is 0 Å². The van der Waals surface area contributed by atoms with Gasteiger partial charge < -0.3 is 10.2 Å². The van der Waals surface area contributed by atoms with Crippen molar-refractivity contribution < 1.29 is 9.18 Å². The summed E-state index contributed by atoms with van der Waals surface area (Å²) in [5.41, 5.74) is 2.19. The monoisotopic (exact) mass is 412 g/mol. The molecule has 1 fully saturated rings. The predicted molar refractivity (Wildman–Crippen MR) is 115 cm³/mol. The van der Waals surface area contributed by atoms with Crippen molar-refractivity contribution >= 4 is 16.8 Å². The zero-order valence-corrected chi connectivity index (χ0v) is 18.0. The van der Waals surface area contributed by atoms with Crippen LogP contribution in [0.4, 0.5) is 4.39 Å². The number of hydrogen-bond donors (Lipinski definition) is 2. The molecule has 1 aliphatic rings. The van der Waals surface area contributed by atoms with E-state index in [1.807, 2.05) is 13.2 Å². The molecule has 2 N–H and O–H groups in total. The Morgan fingerprint density at radius 1 is 1.27 bits per heavy atom. The van der Waals surface area contributed by atoms with Gasteiger partial charge in [-0.25, -0.2) is 4.39 Å². The molecule has 1 aromatic carbocycles. The number of aromatic amines is 1. The molecule has 0 bridgehead atoms. The van der Waals surface area contributed by atoms with Crippen molar-refractivity contribution in [1.29, 1.82) is 0 Å². The number of carbonyl (C=O) groups excluding carboxylic acids is 1. The van der Waals surface area contributed by atoms with Crippen molar-refractivity contribution in [2.75, 3.05) is 19.6 Å². The Labute approximate surface area is 175 Å². The minimum Gasteiger partial charge on any atom is -0.348 e. The number of aryl methyl sites for hydroxylation is 1. The van der Waals surface area contributed by atoms with Crippen molar-refractivity contribution in [2.24, 2.45) is 12.5 Å². The normalized spacial score (nSPS) is 16.3. The van der Waals surface area contributed by atoms with Crippen LogP contribution in [-0.4, -0.2) is 56.5 Å². The summed E-state index contributed by atoms with van der Waals surface area (Å²) in [7, 11) is 1.81. The predicted octanol–water partition coefficient (Wildman–Crippen LogP) is 3.34. The molecule has 0 radical (unpaired) electrons. The molecule has 0 aliphatic carbocycles. The van der Waals surface area contributed by atoms with Gasteiger partial charge in [0, 0.05) is 49.9 Å². The number of carbonyl (C=O) groups is 1. The molecule has 1 aliphatic heterocycles. The minimum atomic E-state index is -0.461. The van der Waals surface area contributed by atoms with Crippen molar-refractivity contribution in [2.45, 2.75) is 39.7 Å². The summed E-state index contributed by atoms with van der Waals surface area (Å²) < 4.78 is 16.3.